The van der Waals surface area contributed by atoms with Crippen molar-refractivity contribution in [2.45, 2.75) is 0 Å². The Balaban J connectivity index is 1.60. The van der Waals surface area contributed by atoms with Gasteiger partial charge in [0, 0.05) is 24.2 Å². The first-order chi connectivity index (χ1) is 12.9. The minimum Gasteiger partial charge on any atom is -0.486 e. The van der Waals surface area contributed by atoms with Gasteiger partial charge in [0.2, 0.25) is 15.9 Å². The van der Waals surface area contributed by atoms with Gasteiger partial charge in [0.15, 0.2) is 11.5 Å². The number of benzene rings is 2. The highest BCUT2D eigenvalue weighted by atomic mass is 32.2. The SMILES string of the molecule is CN(CC(=O)Nc1ccc2c(c1)OCCO2)S(=O)(=O)/C=C/c1ccccc1. The minimum absolute atomic E-state index is 0.310. The number of nitrogens with one attached hydrogen (secondary N) is 1. The van der Waals surface area contributed by atoms with Crippen molar-refractivity contribution >= 4 is 27.7 Å². The van der Waals surface area contributed by atoms with Gasteiger partial charge >= 0.3 is 0 Å². The summed E-state index contributed by atoms with van der Waals surface area (Å²) in [6.07, 6.45) is 1.49. The van der Waals surface area contributed by atoms with E-state index < -0.39 is 15.9 Å². The third-order valence-electron chi connectivity index (χ3n) is 3.86. The Morgan fingerprint density at radius 1 is 1.11 bits per heavy atom. The largest absolute Gasteiger partial charge is 0.486 e. The molecule has 2 aromatic carbocycles. The molecule has 2 aromatic rings. The van der Waals surface area contributed by atoms with E-state index in [2.05, 4.69) is 5.32 Å². The van der Waals surface area contributed by atoms with Crippen LogP contribution >= 0.6 is 0 Å². The zero-order valence-corrected chi connectivity index (χ0v) is 15.6. The number of anilines is 1. The summed E-state index contributed by atoms with van der Waals surface area (Å²) in [5.74, 6) is 0.710. The van der Waals surface area contributed by atoms with Crippen LogP contribution in [0.15, 0.2) is 53.9 Å². The Bertz CT molecular complexity index is 942. The van der Waals surface area contributed by atoms with Gasteiger partial charge in [-0.15, -0.1) is 0 Å². The average molecular weight is 388 g/mol. The molecule has 0 bridgehead atoms. The number of ether oxygens (including phenoxy) is 2. The van der Waals surface area contributed by atoms with Crippen LogP contribution in [0.2, 0.25) is 0 Å². The monoisotopic (exact) mass is 388 g/mol. The maximum atomic E-state index is 12.3. The fraction of sp³-hybridized carbons (Fsp3) is 0.211. The summed E-state index contributed by atoms with van der Waals surface area (Å²) in [7, 11) is -2.36. The van der Waals surface area contributed by atoms with E-state index in [4.69, 9.17) is 9.47 Å². The van der Waals surface area contributed by atoms with Crippen LogP contribution < -0.4 is 14.8 Å². The molecule has 8 heteroatoms. The van der Waals surface area contributed by atoms with Crippen LogP contribution in [0.25, 0.3) is 6.08 Å². The quantitative estimate of drug-likeness (QED) is 0.821. The predicted molar refractivity (Wildman–Crippen MR) is 103 cm³/mol. The number of carbonyl (C=O) groups is 1. The van der Waals surface area contributed by atoms with Gasteiger partial charge < -0.3 is 14.8 Å². The van der Waals surface area contributed by atoms with Crippen LogP contribution in [0, 0.1) is 0 Å². The molecule has 0 aromatic heterocycles. The summed E-state index contributed by atoms with van der Waals surface area (Å²) in [5, 5.41) is 3.75. The highest BCUT2D eigenvalue weighted by molar-refractivity contribution is 7.92. The van der Waals surface area contributed by atoms with Crippen molar-refractivity contribution in [2.24, 2.45) is 0 Å². The van der Waals surface area contributed by atoms with E-state index in [-0.39, 0.29) is 6.54 Å². The lowest BCUT2D eigenvalue weighted by atomic mass is 10.2. The van der Waals surface area contributed by atoms with Crippen molar-refractivity contribution in [3.63, 3.8) is 0 Å². The van der Waals surface area contributed by atoms with Crippen molar-refractivity contribution in [3.05, 3.63) is 59.5 Å². The highest BCUT2D eigenvalue weighted by Crippen LogP contribution is 2.32. The van der Waals surface area contributed by atoms with Gasteiger partial charge in [-0.1, -0.05) is 30.3 Å². The zero-order valence-electron chi connectivity index (χ0n) is 14.8. The van der Waals surface area contributed by atoms with E-state index in [0.717, 1.165) is 15.3 Å². The molecule has 1 aliphatic heterocycles. The third kappa shape index (κ3) is 5.08. The lowest BCUT2D eigenvalue weighted by molar-refractivity contribution is -0.116. The number of nitrogens with zero attached hydrogens (tertiary/aromatic N) is 1. The van der Waals surface area contributed by atoms with Crippen LogP contribution in [-0.4, -0.2) is 45.4 Å². The molecule has 0 radical (unpaired) electrons. The van der Waals surface area contributed by atoms with Crippen LogP contribution in [-0.2, 0) is 14.8 Å². The molecule has 1 aliphatic rings. The topological polar surface area (TPSA) is 84.9 Å². The van der Waals surface area contributed by atoms with Crippen LogP contribution in [0.4, 0.5) is 5.69 Å². The van der Waals surface area contributed by atoms with Crippen molar-refractivity contribution in [1.82, 2.24) is 4.31 Å². The molecule has 142 valence electrons. The summed E-state index contributed by atoms with van der Waals surface area (Å²) < 4.78 is 36.5. The van der Waals surface area contributed by atoms with E-state index >= 15 is 0 Å². The maximum Gasteiger partial charge on any atom is 0.239 e. The summed E-state index contributed by atoms with van der Waals surface area (Å²) in [6, 6.07) is 14.1. The van der Waals surface area contributed by atoms with E-state index in [0.29, 0.717) is 30.4 Å². The summed E-state index contributed by atoms with van der Waals surface area (Å²) in [4.78, 5) is 12.2. The molecule has 0 spiro atoms. The number of carbonyl (C=O) groups excluding carboxylic acids is 1. The summed E-state index contributed by atoms with van der Waals surface area (Å²) in [5.41, 5.74) is 1.27. The van der Waals surface area contributed by atoms with E-state index in [1.807, 2.05) is 18.2 Å². The van der Waals surface area contributed by atoms with Crippen LogP contribution in [0.5, 0.6) is 11.5 Å². The number of hydrogen-bond donors (Lipinski definition) is 1. The maximum absolute atomic E-state index is 12.3. The number of rotatable bonds is 6. The Hall–Kier alpha value is -2.84. The van der Waals surface area contributed by atoms with Gasteiger partial charge in [-0.3, -0.25) is 4.79 Å². The Labute approximate surface area is 158 Å². The lowest BCUT2D eigenvalue weighted by Gasteiger charge is -2.19. The van der Waals surface area contributed by atoms with E-state index in [9.17, 15) is 13.2 Å². The molecule has 0 aliphatic carbocycles. The van der Waals surface area contributed by atoms with Gasteiger partial charge in [-0.2, -0.15) is 4.31 Å². The normalized spacial score (nSPS) is 13.7. The molecular formula is C19H20N2O5S. The first kappa shape index (κ1) is 18.9. The fourth-order valence-corrected chi connectivity index (χ4v) is 3.28. The molecule has 27 heavy (non-hydrogen) atoms. The first-order valence-corrected chi connectivity index (χ1v) is 9.83. The Kier molecular flexibility index (Phi) is 5.78. The lowest BCUT2D eigenvalue weighted by Crippen LogP contribution is -2.33. The van der Waals surface area contributed by atoms with Gasteiger partial charge in [-0.05, 0) is 23.8 Å². The second-order valence-corrected chi connectivity index (χ2v) is 7.85. The van der Waals surface area contributed by atoms with Crippen molar-refractivity contribution in [2.75, 3.05) is 32.1 Å². The molecule has 3 rings (SSSR count). The molecule has 0 atom stereocenters. The van der Waals surface area contributed by atoms with E-state index in [1.54, 1.807) is 30.3 Å². The number of sulfonamides is 1. The standard InChI is InChI=1S/C19H20N2O5S/c1-21(27(23,24)12-9-15-5-3-2-4-6-15)14-19(22)20-16-7-8-17-18(13-16)26-11-10-25-17/h2-9,12-13H,10-11,14H2,1H3,(H,20,22)/b12-9+. The third-order valence-corrected chi connectivity index (χ3v) is 5.34. The number of likely N-dealkylation sites (N-methyl/N-ethyl adjacent to an activating group) is 1. The molecule has 7 nitrogen and oxygen atoms in total. The fourth-order valence-electron chi connectivity index (χ4n) is 2.45. The Morgan fingerprint density at radius 2 is 1.81 bits per heavy atom. The molecule has 0 saturated heterocycles. The van der Waals surface area contributed by atoms with Gasteiger partial charge in [0.1, 0.15) is 13.2 Å². The second kappa shape index (κ2) is 8.24. The van der Waals surface area contributed by atoms with E-state index in [1.165, 1.54) is 13.1 Å². The summed E-state index contributed by atoms with van der Waals surface area (Å²) >= 11 is 0. The minimum atomic E-state index is -3.71. The number of amides is 1. The molecule has 1 amide bonds. The molecule has 0 fully saturated rings. The Morgan fingerprint density at radius 3 is 2.56 bits per heavy atom. The zero-order chi connectivity index (χ0) is 19.3. The van der Waals surface area contributed by atoms with Crippen LogP contribution in [0.1, 0.15) is 5.56 Å². The predicted octanol–water partition coefficient (Wildman–Crippen LogP) is 2.33. The van der Waals surface area contributed by atoms with Crippen molar-refractivity contribution < 1.29 is 22.7 Å². The molecule has 1 heterocycles. The number of fused-ring (bicyclic) bond motifs is 1. The molecular weight excluding hydrogens is 368 g/mol. The van der Waals surface area contributed by atoms with Crippen molar-refractivity contribution in [3.8, 4) is 11.5 Å². The molecule has 0 saturated carbocycles. The first-order valence-electron chi connectivity index (χ1n) is 8.33. The van der Waals surface area contributed by atoms with Crippen molar-refractivity contribution in [1.29, 1.82) is 0 Å². The average Bonchev–Trinajstić information content (AvgIpc) is 2.67. The molecule has 0 unspecified atom stereocenters. The number of hydrogen-bond acceptors (Lipinski definition) is 5. The van der Waals surface area contributed by atoms with Gasteiger partial charge in [0.25, 0.3) is 0 Å². The van der Waals surface area contributed by atoms with Gasteiger partial charge in [-0.25, -0.2) is 8.42 Å². The summed E-state index contributed by atoms with van der Waals surface area (Å²) in [6.45, 7) is 0.618. The van der Waals surface area contributed by atoms with Gasteiger partial charge in [0.05, 0.1) is 6.54 Å². The second-order valence-electron chi connectivity index (χ2n) is 5.92. The molecule has 1 N–H and O–H groups in total. The highest BCUT2D eigenvalue weighted by Gasteiger charge is 2.18. The smallest absolute Gasteiger partial charge is 0.239 e. The van der Waals surface area contributed by atoms with Crippen LogP contribution in [0.3, 0.4) is 0 Å².